The van der Waals surface area contributed by atoms with Gasteiger partial charge in [-0.2, -0.15) is 5.26 Å². The second-order valence-electron chi connectivity index (χ2n) is 3.78. The van der Waals surface area contributed by atoms with Crippen LogP contribution in [0.3, 0.4) is 0 Å². The van der Waals surface area contributed by atoms with E-state index in [4.69, 9.17) is 15.1 Å². The number of hydrogen-bond donors (Lipinski definition) is 1. The fourth-order valence-corrected chi connectivity index (χ4v) is 1.80. The minimum atomic E-state index is -1.02. The molecule has 0 spiro atoms. The number of anilines is 1. The summed E-state index contributed by atoms with van der Waals surface area (Å²) in [6.07, 6.45) is 0. The van der Waals surface area contributed by atoms with Crippen LogP contribution in [0, 0.1) is 11.3 Å². The van der Waals surface area contributed by atoms with Crippen molar-refractivity contribution in [3.05, 3.63) is 29.3 Å². The van der Waals surface area contributed by atoms with E-state index in [0.29, 0.717) is 31.9 Å². The predicted octanol–water partition coefficient (Wildman–Crippen LogP) is 1.09. The summed E-state index contributed by atoms with van der Waals surface area (Å²) in [5, 5.41) is 17.9. The van der Waals surface area contributed by atoms with Gasteiger partial charge in [0.15, 0.2) is 0 Å². The van der Waals surface area contributed by atoms with Crippen molar-refractivity contribution in [1.29, 1.82) is 5.26 Å². The lowest BCUT2D eigenvalue weighted by molar-refractivity contribution is 0.0697. The molecule has 0 unspecified atom stereocenters. The van der Waals surface area contributed by atoms with E-state index in [2.05, 4.69) is 0 Å². The van der Waals surface area contributed by atoms with E-state index in [1.54, 1.807) is 12.1 Å². The number of hydrogen-bond acceptors (Lipinski definition) is 4. The first kappa shape index (κ1) is 11.4. The Labute approximate surface area is 98.8 Å². The van der Waals surface area contributed by atoms with E-state index in [-0.39, 0.29) is 5.56 Å². The summed E-state index contributed by atoms with van der Waals surface area (Å²) in [6.45, 7) is 2.68. The standard InChI is InChI=1S/C12H12N2O3/c13-8-9-5-10(12(15)16)7-11(6-9)14-1-3-17-4-2-14/h5-7H,1-4H2,(H,15,16). The molecule has 17 heavy (non-hydrogen) atoms. The van der Waals surface area contributed by atoms with Crippen molar-refractivity contribution in [3.63, 3.8) is 0 Å². The first-order chi connectivity index (χ1) is 8.20. The molecule has 1 aromatic rings. The van der Waals surface area contributed by atoms with Crippen LogP contribution in [0.2, 0.25) is 0 Å². The van der Waals surface area contributed by atoms with Crippen LogP contribution in [-0.2, 0) is 4.74 Å². The molecule has 5 heteroatoms. The second-order valence-corrected chi connectivity index (χ2v) is 3.78. The lowest BCUT2D eigenvalue weighted by atomic mass is 10.1. The van der Waals surface area contributed by atoms with Crippen LogP contribution in [-0.4, -0.2) is 37.4 Å². The zero-order valence-electron chi connectivity index (χ0n) is 9.22. The summed E-state index contributed by atoms with van der Waals surface area (Å²) >= 11 is 0. The maximum Gasteiger partial charge on any atom is 0.335 e. The Morgan fingerprint density at radius 2 is 2.06 bits per heavy atom. The van der Waals surface area contributed by atoms with Crippen molar-refractivity contribution >= 4 is 11.7 Å². The highest BCUT2D eigenvalue weighted by molar-refractivity contribution is 5.89. The van der Waals surface area contributed by atoms with Gasteiger partial charge < -0.3 is 14.7 Å². The topological polar surface area (TPSA) is 73.6 Å². The lowest BCUT2D eigenvalue weighted by Gasteiger charge is -2.29. The van der Waals surface area contributed by atoms with Gasteiger partial charge in [-0.3, -0.25) is 0 Å². The predicted molar refractivity (Wildman–Crippen MR) is 61.1 cm³/mol. The molecule has 5 nitrogen and oxygen atoms in total. The smallest absolute Gasteiger partial charge is 0.335 e. The van der Waals surface area contributed by atoms with Crippen molar-refractivity contribution in [2.45, 2.75) is 0 Å². The molecule has 0 radical (unpaired) electrons. The number of ether oxygens (including phenoxy) is 1. The molecule has 0 bridgehead atoms. The van der Waals surface area contributed by atoms with Gasteiger partial charge >= 0.3 is 5.97 Å². The monoisotopic (exact) mass is 232 g/mol. The fraction of sp³-hybridized carbons (Fsp3) is 0.333. The maximum atomic E-state index is 11.0. The van der Waals surface area contributed by atoms with Gasteiger partial charge in [-0.15, -0.1) is 0 Å². The number of nitriles is 1. The van der Waals surface area contributed by atoms with E-state index < -0.39 is 5.97 Å². The molecule has 1 heterocycles. The minimum absolute atomic E-state index is 0.144. The molecule has 1 aromatic carbocycles. The molecule has 0 saturated carbocycles. The van der Waals surface area contributed by atoms with Crippen LogP contribution in [0.4, 0.5) is 5.69 Å². The SMILES string of the molecule is N#Cc1cc(C(=O)O)cc(N2CCOCC2)c1. The van der Waals surface area contributed by atoms with Gasteiger partial charge in [0.25, 0.3) is 0 Å². The van der Waals surface area contributed by atoms with Crippen molar-refractivity contribution in [3.8, 4) is 6.07 Å². The molecule has 1 aliphatic rings. The zero-order valence-corrected chi connectivity index (χ0v) is 9.22. The van der Waals surface area contributed by atoms with Gasteiger partial charge in [0.05, 0.1) is 30.4 Å². The molecule has 2 rings (SSSR count). The van der Waals surface area contributed by atoms with Crippen LogP contribution < -0.4 is 4.90 Å². The van der Waals surface area contributed by atoms with E-state index in [1.165, 1.54) is 6.07 Å². The number of aromatic carboxylic acids is 1. The van der Waals surface area contributed by atoms with E-state index in [9.17, 15) is 4.79 Å². The second kappa shape index (κ2) is 4.85. The highest BCUT2D eigenvalue weighted by atomic mass is 16.5. The number of rotatable bonds is 2. The van der Waals surface area contributed by atoms with Crippen LogP contribution in [0.5, 0.6) is 0 Å². The summed E-state index contributed by atoms with van der Waals surface area (Å²) < 4.78 is 5.23. The first-order valence-corrected chi connectivity index (χ1v) is 5.32. The maximum absolute atomic E-state index is 11.0. The highest BCUT2D eigenvalue weighted by Crippen LogP contribution is 2.20. The number of benzene rings is 1. The zero-order chi connectivity index (χ0) is 12.3. The van der Waals surface area contributed by atoms with E-state index in [0.717, 1.165) is 5.69 Å². The third-order valence-corrected chi connectivity index (χ3v) is 2.67. The molecular weight excluding hydrogens is 220 g/mol. The number of morpholine rings is 1. The van der Waals surface area contributed by atoms with Gasteiger partial charge in [-0.05, 0) is 18.2 Å². The number of carboxylic acid groups (broad SMARTS) is 1. The summed E-state index contributed by atoms with van der Waals surface area (Å²) in [4.78, 5) is 13.0. The summed E-state index contributed by atoms with van der Waals surface area (Å²) in [5.74, 6) is -1.02. The molecular formula is C12H12N2O3. The summed E-state index contributed by atoms with van der Waals surface area (Å²) in [6, 6.07) is 6.66. The van der Waals surface area contributed by atoms with Crippen LogP contribution >= 0.6 is 0 Å². The van der Waals surface area contributed by atoms with Gasteiger partial charge in [-0.25, -0.2) is 4.79 Å². The molecule has 1 aliphatic heterocycles. The largest absolute Gasteiger partial charge is 0.478 e. The Hall–Kier alpha value is -2.06. The Morgan fingerprint density at radius 3 is 2.65 bits per heavy atom. The van der Waals surface area contributed by atoms with Crippen molar-refractivity contribution in [1.82, 2.24) is 0 Å². The highest BCUT2D eigenvalue weighted by Gasteiger charge is 2.14. The number of nitrogens with zero attached hydrogens (tertiary/aromatic N) is 2. The molecule has 1 fully saturated rings. The van der Waals surface area contributed by atoms with Crippen molar-refractivity contribution in [2.24, 2.45) is 0 Å². The molecule has 0 amide bonds. The summed E-state index contributed by atoms with van der Waals surface area (Å²) in [5.41, 5.74) is 1.28. The lowest BCUT2D eigenvalue weighted by Crippen LogP contribution is -2.36. The van der Waals surface area contributed by atoms with Crippen molar-refractivity contribution < 1.29 is 14.6 Å². The average Bonchev–Trinajstić information content (AvgIpc) is 2.39. The van der Waals surface area contributed by atoms with E-state index >= 15 is 0 Å². The molecule has 88 valence electrons. The Bertz CT molecular complexity index is 473. The molecule has 1 N–H and O–H groups in total. The Kier molecular flexibility index (Phi) is 3.26. The Balaban J connectivity index is 2.35. The number of carbonyl (C=O) groups is 1. The molecule has 1 saturated heterocycles. The van der Waals surface area contributed by atoms with Crippen LogP contribution in [0.1, 0.15) is 15.9 Å². The normalized spacial score (nSPS) is 15.4. The van der Waals surface area contributed by atoms with E-state index in [1.807, 2.05) is 11.0 Å². The van der Waals surface area contributed by atoms with Gasteiger partial charge in [0, 0.05) is 18.8 Å². The third-order valence-electron chi connectivity index (χ3n) is 2.67. The number of carboxylic acids is 1. The molecule has 0 aliphatic carbocycles. The first-order valence-electron chi connectivity index (χ1n) is 5.32. The minimum Gasteiger partial charge on any atom is -0.478 e. The third kappa shape index (κ3) is 2.55. The Morgan fingerprint density at radius 1 is 1.35 bits per heavy atom. The van der Waals surface area contributed by atoms with Crippen molar-refractivity contribution in [2.75, 3.05) is 31.2 Å². The van der Waals surface area contributed by atoms with Crippen LogP contribution in [0.15, 0.2) is 18.2 Å². The quantitative estimate of drug-likeness (QED) is 0.826. The fourth-order valence-electron chi connectivity index (χ4n) is 1.80. The van der Waals surface area contributed by atoms with Gasteiger partial charge in [-0.1, -0.05) is 0 Å². The molecule has 0 aromatic heterocycles. The summed E-state index contributed by atoms with van der Waals surface area (Å²) in [7, 11) is 0. The molecule has 0 atom stereocenters. The van der Waals surface area contributed by atoms with Gasteiger partial charge in [0.1, 0.15) is 0 Å². The van der Waals surface area contributed by atoms with Gasteiger partial charge in [0.2, 0.25) is 0 Å². The average molecular weight is 232 g/mol. The van der Waals surface area contributed by atoms with Crippen LogP contribution in [0.25, 0.3) is 0 Å².